The molecule has 1 fully saturated rings. The molecular weight excluding hydrogens is 203 g/mol. The van der Waals surface area contributed by atoms with Gasteiger partial charge in [-0.3, -0.25) is 0 Å². The first-order chi connectivity index (χ1) is 6.91. The molecule has 0 heterocycles. The van der Waals surface area contributed by atoms with Gasteiger partial charge < -0.3 is 5.73 Å². The van der Waals surface area contributed by atoms with Crippen molar-refractivity contribution in [2.75, 3.05) is 0 Å². The summed E-state index contributed by atoms with van der Waals surface area (Å²) in [6.45, 7) is 0. The van der Waals surface area contributed by atoms with Crippen LogP contribution in [0.3, 0.4) is 0 Å². The highest BCUT2D eigenvalue weighted by Gasteiger charge is 2.48. The molecule has 1 aliphatic carbocycles. The molecule has 0 amide bonds. The molecule has 0 aromatic heterocycles. The van der Waals surface area contributed by atoms with Crippen LogP contribution in [-0.4, -0.2) is 5.54 Å². The fourth-order valence-corrected chi connectivity index (χ4v) is 1.60. The zero-order valence-electron chi connectivity index (χ0n) is 8.14. The summed E-state index contributed by atoms with van der Waals surface area (Å²) in [5.74, 6) is -3.68. The van der Waals surface area contributed by atoms with E-state index in [1.165, 1.54) is 12.1 Å². The van der Waals surface area contributed by atoms with Crippen molar-refractivity contribution in [2.24, 2.45) is 5.73 Å². The Morgan fingerprint density at radius 3 is 2.53 bits per heavy atom. The third kappa shape index (κ3) is 2.31. The van der Waals surface area contributed by atoms with Gasteiger partial charge in [0.15, 0.2) is 0 Å². The third-order valence-electron chi connectivity index (χ3n) is 2.71. The van der Waals surface area contributed by atoms with Crippen LogP contribution in [-0.2, 0) is 5.92 Å². The van der Waals surface area contributed by atoms with E-state index in [2.05, 4.69) is 0 Å². The summed E-state index contributed by atoms with van der Waals surface area (Å²) >= 11 is 0. The van der Waals surface area contributed by atoms with Crippen LogP contribution in [0.4, 0.5) is 13.2 Å². The van der Waals surface area contributed by atoms with Crippen molar-refractivity contribution in [3.05, 3.63) is 35.6 Å². The van der Waals surface area contributed by atoms with Crippen molar-refractivity contribution in [3.8, 4) is 0 Å². The predicted molar refractivity (Wildman–Crippen MR) is 51.1 cm³/mol. The maximum absolute atomic E-state index is 13.6. The van der Waals surface area contributed by atoms with E-state index in [1.807, 2.05) is 0 Å². The Morgan fingerprint density at radius 1 is 1.33 bits per heavy atom. The highest BCUT2D eigenvalue weighted by Crippen LogP contribution is 2.45. The van der Waals surface area contributed by atoms with Gasteiger partial charge >= 0.3 is 0 Å². The number of hydrogen-bond acceptors (Lipinski definition) is 1. The topological polar surface area (TPSA) is 26.0 Å². The van der Waals surface area contributed by atoms with Gasteiger partial charge in [-0.2, -0.15) is 0 Å². The van der Waals surface area contributed by atoms with E-state index in [1.54, 1.807) is 0 Å². The predicted octanol–water partition coefficient (Wildman–Crippen LogP) is 2.80. The fourth-order valence-electron chi connectivity index (χ4n) is 1.60. The lowest BCUT2D eigenvalue weighted by Gasteiger charge is -2.20. The minimum Gasteiger partial charge on any atom is -0.325 e. The Bertz CT molecular complexity index is 372. The van der Waals surface area contributed by atoms with E-state index < -0.39 is 23.7 Å². The van der Waals surface area contributed by atoms with Crippen LogP contribution >= 0.6 is 0 Å². The van der Waals surface area contributed by atoms with Gasteiger partial charge in [0.1, 0.15) is 5.82 Å². The molecule has 0 saturated heterocycles. The van der Waals surface area contributed by atoms with Crippen LogP contribution in [0.2, 0.25) is 0 Å². The summed E-state index contributed by atoms with van der Waals surface area (Å²) in [5.41, 5.74) is 4.60. The lowest BCUT2D eigenvalue weighted by Crippen LogP contribution is -2.30. The van der Waals surface area contributed by atoms with Crippen molar-refractivity contribution in [2.45, 2.75) is 30.7 Å². The zero-order chi connectivity index (χ0) is 11.1. The smallest absolute Gasteiger partial charge is 0.275 e. The number of nitrogens with two attached hydrogens (primary N) is 1. The summed E-state index contributed by atoms with van der Waals surface area (Å²) in [5, 5.41) is 0. The molecule has 0 spiro atoms. The Morgan fingerprint density at radius 2 is 2.00 bits per heavy atom. The van der Waals surface area contributed by atoms with Gasteiger partial charge in [0.2, 0.25) is 0 Å². The molecule has 2 N–H and O–H groups in total. The second kappa shape index (κ2) is 3.23. The van der Waals surface area contributed by atoms with E-state index in [0.717, 1.165) is 12.1 Å². The molecule has 1 aromatic rings. The number of alkyl halides is 2. The summed E-state index contributed by atoms with van der Waals surface area (Å²) in [6.07, 6.45) is 0.846. The Kier molecular flexibility index (Phi) is 2.26. The Labute approximate surface area is 86.1 Å². The SMILES string of the molecule is NC1(CC(F)(F)c2cccc(F)c2)CC1. The van der Waals surface area contributed by atoms with Crippen LogP contribution in [0.15, 0.2) is 24.3 Å². The normalized spacial score (nSPS) is 18.9. The first kappa shape index (κ1) is 10.5. The molecule has 15 heavy (non-hydrogen) atoms. The van der Waals surface area contributed by atoms with Crippen LogP contribution in [0.25, 0.3) is 0 Å². The van der Waals surface area contributed by atoms with Gasteiger partial charge in [0.25, 0.3) is 5.92 Å². The highest BCUT2D eigenvalue weighted by atomic mass is 19.3. The average molecular weight is 215 g/mol. The second-order valence-corrected chi connectivity index (χ2v) is 4.25. The van der Waals surface area contributed by atoms with E-state index >= 15 is 0 Å². The van der Waals surface area contributed by atoms with Gasteiger partial charge in [-0.15, -0.1) is 0 Å². The lowest BCUT2D eigenvalue weighted by atomic mass is 10.00. The largest absolute Gasteiger partial charge is 0.325 e. The number of hydrogen-bond donors (Lipinski definition) is 1. The molecule has 1 aromatic carbocycles. The van der Waals surface area contributed by atoms with Gasteiger partial charge in [-0.25, -0.2) is 13.2 Å². The third-order valence-corrected chi connectivity index (χ3v) is 2.71. The monoisotopic (exact) mass is 215 g/mol. The lowest BCUT2D eigenvalue weighted by molar-refractivity contribution is -0.0226. The zero-order valence-corrected chi connectivity index (χ0v) is 8.14. The number of benzene rings is 1. The highest BCUT2D eigenvalue weighted by molar-refractivity contribution is 5.23. The fraction of sp³-hybridized carbons (Fsp3) is 0.455. The maximum Gasteiger partial charge on any atom is 0.275 e. The summed E-state index contributed by atoms with van der Waals surface area (Å²) < 4.78 is 40.0. The van der Waals surface area contributed by atoms with E-state index in [-0.39, 0.29) is 5.56 Å². The molecule has 0 atom stereocenters. The molecule has 4 heteroatoms. The first-order valence-electron chi connectivity index (χ1n) is 4.84. The Hall–Kier alpha value is -1.03. The van der Waals surface area contributed by atoms with Crippen LogP contribution in [0.1, 0.15) is 24.8 Å². The summed E-state index contributed by atoms with van der Waals surface area (Å²) in [6, 6.07) is 4.53. The van der Waals surface area contributed by atoms with Gasteiger partial charge in [0.05, 0.1) is 0 Å². The Balaban J connectivity index is 2.20. The van der Waals surface area contributed by atoms with Crippen molar-refractivity contribution >= 4 is 0 Å². The maximum atomic E-state index is 13.6. The minimum atomic E-state index is -3.03. The van der Waals surface area contributed by atoms with Crippen molar-refractivity contribution in [3.63, 3.8) is 0 Å². The molecule has 2 rings (SSSR count). The molecule has 0 radical (unpaired) electrons. The van der Waals surface area contributed by atoms with Gasteiger partial charge in [-0.1, -0.05) is 12.1 Å². The van der Waals surface area contributed by atoms with Crippen LogP contribution < -0.4 is 5.73 Å². The number of halogens is 3. The van der Waals surface area contributed by atoms with E-state index in [9.17, 15) is 13.2 Å². The molecule has 82 valence electrons. The first-order valence-corrected chi connectivity index (χ1v) is 4.84. The van der Waals surface area contributed by atoms with Crippen LogP contribution in [0.5, 0.6) is 0 Å². The summed E-state index contributed by atoms with van der Waals surface area (Å²) in [4.78, 5) is 0. The van der Waals surface area contributed by atoms with Gasteiger partial charge in [-0.05, 0) is 25.0 Å². The minimum absolute atomic E-state index is 0.292. The van der Waals surface area contributed by atoms with E-state index in [0.29, 0.717) is 12.8 Å². The quantitative estimate of drug-likeness (QED) is 0.824. The molecule has 1 aliphatic rings. The van der Waals surface area contributed by atoms with Gasteiger partial charge in [0, 0.05) is 17.5 Å². The van der Waals surface area contributed by atoms with Crippen molar-refractivity contribution in [1.82, 2.24) is 0 Å². The molecular formula is C11H12F3N. The standard InChI is InChI=1S/C11H12F3N/c12-9-3-1-2-8(6-9)11(13,14)7-10(15)4-5-10/h1-3,6H,4-5,7,15H2. The molecule has 1 nitrogen and oxygen atoms in total. The molecule has 0 bridgehead atoms. The van der Waals surface area contributed by atoms with Crippen LogP contribution in [0, 0.1) is 5.82 Å². The summed E-state index contributed by atoms with van der Waals surface area (Å²) in [7, 11) is 0. The second-order valence-electron chi connectivity index (χ2n) is 4.25. The molecule has 0 aliphatic heterocycles. The van der Waals surface area contributed by atoms with Crippen molar-refractivity contribution < 1.29 is 13.2 Å². The molecule has 0 unspecified atom stereocenters. The average Bonchev–Trinajstić information content (AvgIpc) is 2.82. The number of rotatable bonds is 3. The van der Waals surface area contributed by atoms with E-state index in [4.69, 9.17) is 5.73 Å². The van der Waals surface area contributed by atoms with Crippen molar-refractivity contribution in [1.29, 1.82) is 0 Å². The molecule has 1 saturated carbocycles.